The van der Waals surface area contributed by atoms with Crippen LogP contribution in [0.3, 0.4) is 0 Å². The molecule has 0 aliphatic heterocycles. The molecule has 90 valence electrons. The van der Waals surface area contributed by atoms with Gasteiger partial charge in [-0.1, -0.05) is 26.2 Å². The van der Waals surface area contributed by atoms with E-state index in [0.717, 1.165) is 19.3 Å². The smallest absolute Gasteiger partial charge is 0.271 e. The first-order valence-corrected chi connectivity index (χ1v) is 5.51. The number of hydrazine groups is 1. The van der Waals surface area contributed by atoms with Crippen LogP contribution in [0.5, 0.6) is 0 Å². The van der Waals surface area contributed by atoms with Gasteiger partial charge in [0.05, 0.1) is 0 Å². The highest BCUT2D eigenvalue weighted by Crippen LogP contribution is 2.37. The lowest BCUT2D eigenvalue weighted by Gasteiger charge is -2.34. The largest absolute Gasteiger partial charge is 0.405 e. The minimum absolute atomic E-state index is 0.353. The highest BCUT2D eigenvalue weighted by molar-refractivity contribution is 4.85. The van der Waals surface area contributed by atoms with E-state index in [9.17, 15) is 13.2 Å². The Morgan fingerprint density at radius 2 is 2.07 bits per heavy atom. The minimum Gasteiger partial charge on any atom is -0.271 e. The van der Waals surface area contributed by atoms with Crippen LogP contribution in [-0.2, 0) is 0 Å². The first kappa shape index (κ1) is 12.8. The average molecular weight is 224 g/mol. The second-order valence-corrected chi connectivity index (χ2v) is 4.39. The average Bonchev–Trinajstić information content (AvgIpc) is 2.17. The van der Waals surface area contributed by atoms with Crippen LogP contribution in [0.15, 0.2) is 0 Å². The highest BCUT2D eigenvalue weighted by atomic mass is 19.4. The molecule has 5 heteroatoms. The van der Waals surface area contributed by atoms with Crippen molar-refractivity contribution >= 4 is 0 Å². The summed E-state index contributed by atoms with van der Waals surface area (Å²) in [5, 5.41) is 0. The molecule has 3 unspecified atom stereocenters. The predicted octanol–water partition coefficient (Wildman–Crippen LogP) is 2.60. The van der Waals surface area contributed by atoms with Crippen molar-refractivity contribution in [2.24, 2.45) is 17.7 Å². The van der Waals surface area contributed by atoms with E-state index in [1.807, 2.05) is 12.3 Å². The van der Waals surface area contributed by atoms with Gasteiger partial charge in [-0.3, -0.25) is 5.84 Å². The zero-order chi connectivity index (χ0) is 11.5. The minimum atomic E-state index is -4.23. The van der Waals surface area contributed by atoms with E-state index < -0.39 is 12.2 Å². The Bertz CT molecular complexity index is 194. The Balaban J connectivity index is 2.60. The summed E-state index contributed by atoms with van der Waals surface area (Å²) in [4.78, 5) is 0. The molecule has 0 amide bonds. The molecule has 2 nitrogen and oxygen atoms in total. The molecule has 0 radical (unpaired) electrons. The van der Waals surface area contributed by atoms with Crippen molar-refractivity contribution in [3.8, 4) is 0 Å². The number of nitrogens with one attached hydrogen (secondary N) is 1. The van der Waals surface area contributed by atoms with Gasteiger partial charge in [0.25, 0.3) is 0 Å². The Morgan fingerprint density at radius 3 is 2.53 bits per heavy atom. The molecular weight excluding hydrogens is 205 g/mol. The zero-order valence-corrected chi connectivity index (χ0v) is 8.98. The third kappa shape index (κ3) is 3.34. The van der Waals surface area contributed by atoms with E-state index >= 15 is 0 Å². The molecule has 15 heavy (non-hydrogen) atoms. The fourth-order valence-electron chi connectivity index (χ4n) is 2.50. The van der Waals surface area contributed by atoms with E-state index in [1.54, 1.807) is 0 Å². The fourth-order valence-corrected chi connectivity index (χ4v) is 2.50. The number of alkyl halides is 3. The first-order chi connectivity index (χ1) is 6.99. The predicted molar refractivity (Wildman–Crippen MR) is 52.9 cm³/mol. The molecular formula is C10H19F3N2. The lowest BCUT2D eigenvalue weighted by atomic mass is 9.77. The maximum atomic E-state index is 12.6. The van der Waals surface area contributed by atoms with Gasteiger partial charge in [-0.25, -0.2) is 5.43 Å². The summed E-state index contributed by atoms with van der Waals surface area (Å²) in [7, 11) is 0. The van der Waals surface area contributed by atoms with Crippen LogP contribution >= 0.6 is 0 Å². The molecule has 0 spiro atoms. The third-order valence-corrected chi connectivity index (χ3v) is 3.40. The van der Waals surface area contributed by atoms with Gasteiger partial charge >= 0.3 is 6.18 Å². The summed E-state index contributed by atoms with van der Waals surface area (Å²) in [6.07, 6.45) is -0.0456. The second-order valence-electron chi connectivity index (χ2n) is 4.39. The third-order valence-electron chi connectivity index (χ3n) is 3.40. The Labute approximate surface area is 88.4 Å². The normalized spacial score (nSPS) is 30.2. The van der Waals surface area contributed by atoms with Crippen molar-refractivity contribution in [1.29, 1.82) is 0 Å². The fraction of sp³-hybridized carbons (Fsp3) is 1.00. The molecule has 0 aromatic heterocycles. The summed E-state index contributed by atoms with van der Waals surface area (Å²) in [5.74, 6) is 5.09. The molecule has 1 saturated carbocycles. The molecule has 3 atom stereocenters. The van der Waals surface area contributed by atoms with Crippen LogP contribution in [0.1, 0.15) is 39.0 Å². The van der Waals surface area contributed by atoms with E-state index in [4.69, 9.17) is 5.84 Å². The van der Waals surface area contributed by atoms with Crippen molar-refractivity contribution in [3.05, 3.63) is 0 Å². The molecule has 1 rings (SSSR count). The molecule has 0 heterocycles. The standard InChI is InChI=1S/C10H19F3N2/c1-2-7-4-3-5-8(6-7)9(15-14)10(11,12)13/h7-9,15H,2-6,14H2,1H3. The SMILES string of the molecule is CCC1CCCC(C(NN)C(F)(F)F)C1. The molecule has 1 aliphatic rings. The Hall–Kier alpha value is -0.290. The summed E-state index contributed by atoms with van der Waals surface area (Å²) < 4.78 is 37.8. The van der Waals surface area contributed by atoms with Crippen molar-refractivity contribution in [2.75, 3.05) is 0 Å². The van der Waals surface area contributed by atoms with Gasteiger partial charge < -0.3 is 0 Å². The number of nitrogens with two attached hydrogens (primary N) is 1. The van der Waals surface area contributed by atoms with Gasteiger partial charge in [0.1, 0.15) is 6.04 Å². The lowest BCUT2D eigenvalue weighted by Crippen LogP contribution is -2.51. The molecule has 0 saturated heterocycles. The monoisotopic (exact) mass is 224 g/mol. The van der Waals surface area contributed by atoms with Gasteiger partial charge in [-0.15, -0.1) is 0 Å². The molecule has 0 bridgehead atoms. The van der Waals surface area contributed by atoms with Gasteiger partial charge in [0.15, 0.2) is 0 Å². The Morgan fingerprint density at radius 1 is 1.40 bits per heavy atom. The zero-order valence-electron chi connectivity index (χ0n) is 8.98. The highest BCUT2D eigenvalue weighted by Gasteiger charge is 2.45. The quantitative estimate of drug-likeness (QED) is 0.571. The topological polar surface area (TPSA) is 38.0 Å². The van der Waals surface area contributed by atoms with E-state index in [0.29, 0.717) is 18.8 Å². The number of hydrogen-bond donors (Lipinski definition) is 2. The maximum Gasteiger partial charge on any atom is 0.405 e. The number of halogens is 3. The lowest BCUT2D eigenvalue weighted by molar-refractivity contribution is -0.171. The first-order valence-electron chi connectivity index (χ1n) is 5.51. The van der Waals surface area contributed by atoms with Gasteiger partial charge in [-0.05, 0) is 24.7 Å². The molecule has 3 N–H and O–H groups in total. The summed E-state index contributed by atoms with van der Waals surface area (Å²) in [5.41, 5.74) is 1.93. The van der Waals surface area contributed by atoms with Gasteiger partial charge in [-0.2, -0.15) is 13.2 Å². The second kappa shape index (κ2) is 5.16. The van der Waals surface area contributed by atoms with Crippen LogP contribution in [-0.4, -0.2) is 12.2 Å². The molecule has 1 fully saturated rings. The maximum absolute atomic E-state index is 12.6. The van der Waals surface area contributed by atoms with Crippen molar-refractivity contribution in [3.63, 3.8) is 0 Å². The Kier molecular flexibility index (Phi) is 4.40. The summed E-state index contributed by atoms with van der Waals surface area (Å²) in [6, 6.07) is -1.54. The van der Waals surface area contributed by atoms with Crippen LogP contribution in [0.25, 0.3) is 0 Å². The van der Waals surface area contributed by atoms with E-state index in [2.05, 4.69) is 0 Å². The van der Waals surface area contributed by atoms with Crippen LogP contribution < -0.4 is 11.3 Å². The van der Waals surface area contributed by atoms with Crippen LogP contribution in [0, 0.1) is 11.8 Å². The number of hydrogen-bond acceptors (Lipinski definition) is 2. The van der Waals surface area contributed by atoms with Crippen molar-refractivity contribution in [2.45, 2.75) is 51.2 Å². The summed E-state index contributed by atoms with van der Waals surface area (Å²) in [6.45, 7) is 2.03. The van der Waals surface area contributed by atoms with E-state index in [1.165, 1.54) is 0 Å². The van der Waals surface area contributed by atoms with Gasteiger partial charge in [0, 0.05) is 0 Å². The molecule has 0 aromatic carbocycles. The van der Waals surface area contributed by atoms with Gasteiger partial charge in [0.2, 0.25) is 0 Å². The van der Waals surface area contributed by atoms with Crippen LogP contribution in [0.2, 0.25) is 0 Å². The molecule has 1 aliphatic carbocycles. The van der Waals surface area contributed by atoms with Crippen molar-refractivity contribution < 1.29 is 13.2 Å². The number of rotatable bonds is 3. The van der Waals surface area contributed by atoms with Crippen molar-refractivity contribution in [1.82, 2.24) is 5.43 Å². The van der Waals surface area contributed by atoms with Crippen LogP contribution in [0.4, 0.5) is 13.2 Å². The summed E-state index contributed by atoms with van der Waals surface area (Å²) >= 11 is 0. The molecule has 0 aromatic rings. The van der Waals surface area contributed by atoms with E-state index in [-0.39, 0.29) is 5.92 Å².